The number of amides is 2. The van der Waals surface area contributed by atoms with Crippen molar-refractivity contribution in [2.75, 3.05) is 26.2 Å². The highest BCUT2D eigenvalue weighted by atomic mass is 16.6. The fourth-order valence-electron chi connectivity index (χ4n) is 4.42. The predicted molar refractivity (Wildman–Crippen MR) is 98.9 cm³/mol. The van der Waals surface area contributed by atoms with Gasteiger partial charge in [0, 0.05) is 26.1 Å². The number of morpholine rings is 1. The van der Waals surface area contributed by atoms with Crippen LogP contribution in [0.1, 0.15) is 65.7 Å². The number of carbonyl (C=O) groups is 2. The molecule has 6 heteroatoms. The molecule has 2 heterocycles. The highest BCUT2D eigenvalue weighted by Crippen LogP contribution is 2.30. The van der Waals surface area contributed by atoms with Gasteiger partial charge in [0.05, 0.1) is 18.8 Å². The summed E-state index contributed by atoms with van der Waals surface area (Å²) >= 11 is 0. The fourth-order valence-corrected chi connectivity index (χ4v) is 4.42. The van der Waals surface area contributed by atoms with Crippen molar-refractivity contribution in [1.29, 1.82) is 0 Å². The van der Waals surface area contributed by atoms with Crippen molar-refractivity contribution in [3.05, 3.63) is 0 Å². The van der Waals surface area contributed by atoms with Crippen molar-refractivity contribution in [2.45, 2.75) is 83.5 Å². The maximum Gasteiger partial charge on any atom is 0.410 e. The van der Waals surface area contributed by atoms with Crippen molar-refractivity contribution >= 4 is 12.0 Å². The summed E-state index contributed by atoms with van der Waals surface area (Å²) < 4.78 is 11.3. The Bertz CT molecular complexity index is 506. The first-order valence-electron chi connectivity index (χ1n) is 10.2. The molecule has 2 saturated heterocycles. The quantitative estimate of drug-likeness (QED) is 0.753. The molecule has 0 aromatic heterocycles. The van der Waals surface area contributed by atoms with Crippen LogP contribution in [0.25, 0.3) is 0 Å². The van der Waals surface area contributed by atoms with E-state index in [0.717, 1.165) is 32.2 Å². The van der Waals surface area contributed by atoms with E-state index in [0.29, 0.717) is 32.0 Å². The summed E-state index contributed by atoms with van der Waals surface area (Å²) in [5, 5.41) is 0. The monoisotopic (exact) mass is 366 g/mol. The van der Waals surface area contributed by atoms with Crippen LogP contribution < -0.4 is 0 Å². The summed E-state index contributed by atoms with van der Waals surface area (Å²) in [5.41, 5.74) is -0.462. The standard InChI is InChI=1S/C20H34N2O4/c1-20(2,3)26-19(24)21-10-8-15(9-11-21)14-18(23)22-12-13-25-17-7-5-4-6-16(17)22/h15-17H,4-14H2,1-3H3/t16-,17-/m0/s1. The Labute approximate surface area is 157 Å². The van der Waals surface area contributed by atoms with Crippen molar-refractivity contribution in [3.8, 4) is 0 Å². The molecule has 1 aliphatic carbocycles. The summed E-state index contributed by atoms with van der Waals surface area (Å²) in [6.45, 7) is 8.43. The third-order valence-corrected chi connectivity index (χ3v) is 5.78. The maximum atomic E-state index is 12.9. The van der Waals surface area contributed by atoms with Crippen molar-refractivity contribution in [1.82, 2.24) is 9.80 Å². The lowest BCUT2D eigenvalue weighted by Crippen LogP contribution is -2.55. The van der Waals surface area contributed by atoms with Gasteiger partial charge in [0.1, 0.15) is 5.60 Å². The van der Waals surface area contributed by atoms with E-state index in [2.05, 4.69) is 4.90 Å². The minimum atomic E-state index is -0.462. The summed E-state index contributed by atoms with van der Waals surface area (Å²) in [4.78, 5) is 28.9. The number of fused-ring (bicyclic) bond motifs is 1. The van der Waals surface area contributed by atoms with Gasteiger partial charge in [-0.25, -0.2) is 4.79 Å². The van der Waals surface area contributed by atoms with Crippen LogP contribution in [0.2, 0.25) is 0 Å². The molecule has 0 bridgehead atoms. The molecule has 0 aromatic carbocycles. The van der Waals surface area contributed by atoms with Crippen molar-refractivity contribution in [3.63, 3.8) is 0 Å². The van der Waals surface area contributed by atoms with Gasteiger partial charge in [-0.05, 0) is 52.4 Å². The van der Waals surface area contributed by atoms with Gasteiger partial charge in [-0.2, -0.15) is 0 Å². The number of ether oxygens (including phenoxy) is 2. The molecule has 0 N–H and O–H groups in total. The largest absolute Gasteiger partial charge is 0.444 e. The van der Waals surface area contributed by atoms with Crippen LogP contribution in [-0.2, 0) is 14.3 Å². The number of carbonyl (C=O) groups excluding carboxylic acids is 2. The SMILES string of the molecule is CC(C)(C)OC(=O)N1CCC(CC(=O)N2CCO[C@H]3CCCC[C@@H]32)CC1. The molecular formula is C20H34N2O4. The van der Waals surface area contributed by atoms with E-state index in [1.54, 1.807) is 4.90 Å². The van der Waals surface area contributed by atoms with Gasteiger partial charge in [0.2, 0.25) is 5.91 Å². The molecule has 2 atom stereocenters. The van der Waals surface area contributed by atoms with E-state index in [4.69, 9.17) is 9.47 Å². The second-order valence-corrected chi connectivity index (χ2v) is 8.96. The van der Waals surface area contributed by atoms with E-state index in [1.807, 2.05) is 20.8 Å². The van der Waals surface area contributed by atoms with Crippen LogP contribution in [0.5, 0.6) is 0 Å². The Morgan fingerprint density at radius 2 is 1.73 bits per heavy atom. The Hall–Kier alpha value is -1.30. The highest BCUT2D eigenvalue weighted by molar-refractivity contribution is 5.77. The maximum absolute atomic E-state index is 12.9. The van der Waals surface area contributed by atoms with Gasteiger partial charge in [-0.3, -0.25) is 4.79 Å². The average molecular weight is 367 g/mol. The zero-order chi connectivity index (χ0) is 18.7. The first kappa shape index (κ1) is 19.5. The zero-order valence-electron chi connectivity index (χ0n) is 16.5. The second-order valence-electron chi connectivity index (χ2n) is 8.96. The molecule has 3 aliphatic rings. The molecule has 6 nitrogen and oxygen atoms in total. The van der Waals surface area contributed by atoms with Gasteiger partial charge in [-0.1, -0.05) is 12.8 Å². The van der Waals surface area contributed by atoms with Gasteiger partial charge in [0.25, 0.3) is 0 Å². The molecule has 2 amide bonds. The average Bonchev–Trinajstić information content (AvgIpc) is 2.60. The van der Waals surface area contributed by atoms with Crippen LogP contribution in [0.15, 0.2) is 0 Å². The zero-order valence-corrected chi connectivity index (χ0v) is 16.5. The Morgan fingerprint density at radius 1 is 1.04 bits per heavy atom. The fraction of sp³-hybridized carbons (Fsp3) is 0.900. The Balaban J connectivity index is 1.46. The Morgan fingerprint density at radius 3 is 2.42 bits per heavy atom. The van der Waals surface area contributed by atoms with Crippen LogP contribution in [0.4, 0.5) is 4.79 Å². The molecular weight excluding hydrogens is 332 g/mol. The molecule has 3 rings (SSSR count). The minimum absolute atomic E-state index is 0.236. The number of likely N-dealkylation sites (tertiary alicyclic amines) is 1. The highest BCUT2D eigenvalue weighted by Gasteiger charge is 2.37. The lowest BCUT2D eigenvalue weighted by molar-refractivity contribution is -0.150. The van der Waals surface area contributed by atoms with E-state index in [1.165, 1.54) is 12.8 Å². The van der Waals surface area contributed by atoms with Crippen LogP contribution in [0.3, 0.4) is 0 Å². The van der Waals surface area contributed by atoms with Crippen molar-refractivity contribution in [2.24, 2.45) is 5.92 Å². The smallest absolute Gasteiger partial charge is 0.410 e. The van der Waals surface area contributed by atoms with Crippen molar-refractivity contribution < 1.29 is 19.1 Å². The van der Waals surface area contributed by atoms with E-state index in [9.17, 15) is 9.59 Å². The number of nitrogens with zero attached hydrogens (tertiary/aromatic N) is 2. The van der Waals surface area contributed by atoms with Crippen LogP contribution >= 0.6 is 0 Å². The lowest BCUT2D eigenvalue weighted by atomic mass is 9.88. The Kier molecular flexibility index (Phi) is 6.10. The molecule has 0 unspecified atom stereocenters. The second kappa shape index (κ2) is 8.15. The minimum Gasteiger partial charge on any atom is -0.444 e. The third kappa shape index (κ3) is 4.90. The number of hydrogen-bond donors (Lipinski definition) is 0. The van der Waals surface area contributed by atoms with E-state index >= 15 is 0 Å². The lowest BCUT2D eigenvalue weighted by Gasteiger charge is -2.44. The van der Waals surface area contributed by atoms with Crippen LogP contribution in [-0.4, -0.2) is 65.8 Å². The normalized spacial score (nSPS) is 27.8. The van der Waals surface area contributed by atoms with Gasteiger partial charge < -0.3 is 19.3 Å². The first-order chi connectivity index (χ1) is 12.3. The molecule has 0 aromatic rings. The van der Waals surface area contributed by atoms with Crippen LogP contribution in [0, 0.1) is 5.92 Å². The molecule has 2 aliphatic heterocycles. The first-order valence-corrected chi connectivity index (χ1v) is 10.2. The molecule has 1 saturated carbocycles. The third-order valence-electron chi connectivity index (χ3n) is 5.78. The molecule has 0 spiro atoms. The number of hydrogen-bond acceptors (Lipinski definition) is 4. The summed E-state index contributed by atoms with van der Waals surface area (Å²) in [7, 11) is 0. The van der Waals surface area contributed by atoms with E-state index in [-0.39, 0.29) is 24.1 Å². The molecule has 26 heavy (non-hydrogen) atoms. The number of piperidine rings is 1. The predicted octanol–water partition coefficient (Wildman–Crippen LogP) is 3.19. The van der Waals surface area contributed by atoms with Gasteiger partial charge >= 0.3 is 6.09 Å². The molecule has 3 fully saturated rings. The number of rotatable bonds is 2. The van der Waals surface area contributed by atoms with Gasteiger partial charge in [0.15, 0.2) is 0 Å². The summed E-state index contributed by atoms with van der Waals surface area (Å²) in [5.74, 6) is 0.645. The summed E-state index contributed by atoms with van der Waals surface area (Å²) in [6.07, 6.45) is 6.94. The summed E-state index contributed by atoms with van der Waals surface area (Å²) in [6, 6.07) is 0.284. The topological polar surface area (TPSA) is 59.1 Å². The molecule has 0 radical (unpaired) electrons. The van der Waals surface area contributed by atoms with E-state index < -0.39 is 5.60 Å². The molecule has 148 valence electrons. The van der Waals surface area contributed by atoms with Gasteiger partial charge in [-0.15, -0.1) is 0 Å².